The predicted molar refractivity (Wildman–Crippen MR) is 187 cm³/mol. The number of ether oxygens (including phenoxy) is 4. The van der Waals surface area contributed by atoms with Crippen molar-refractivity contribution in [2.75, 3.05) is 77.8 Å². The van der Waals surface area contributed by atoms with Gasteiger partial charge in [-0.2, -0.15) is 0 Å². The molecule has 12 nitrogen and oxygen atoms in total. The molecule has 3 aliphatic rings. The van der Waals surface area contributed by atoms with E-state index in [0.29, 0.717) is 45.4 Å². The Morgan fingerprint density at radius 3 is 2.06 bits per heavy atom. The van der Waals surface area contributed by atoms with E-state index in [-0.39, 0.29) is 30.6 Å². The molecule has 0 aliphatic carbocycles. The van der Waals surface area contributed by atoms with Gasteiger partial charge in [-0.3, -0.25) is 29.4 Å². The standard InChI is InChI=1S/C37H42N4O8S/c1-39(15-6-16-40-29-7-2-4-9-32(29)50-33-10-5-3-8-30(33)40)17-18-46-19-20-47-21-22-48-23-24-49-26-11-12-27-28(25-26)37(45)41(36(27)44)31-13-14-34(42)38-35(31)43/h2-5,7-12,25,31H,6,13-24H2,1H3,(H,38,42,43). The van der Waals surface area contributed by atoms with Gasteiger partial charge in [-0.15, -0.1) is 0 Å². The molecule has 1 unspecified atom stereocenters. The summed E-state index contributed by atoms with van der Waals surface area (Å²) in [6.07, 6.45) is 1.22. The van der Waals surface area contributed by atoms with Crippen LogP contribution in [0, 0.1) is 0 Å². The second-order valence-electron chi connectivity index (χ2n) is 12.2. The molecule has 3 aliphatic heterocycles. The summed E-state index contributed by atoms with van der Waals surface area (Å²) in [5, 5.41) is 2.19. The number of hydrogen-bond donors (Lipinski definition) is 1. The van der Waals surface area contributed by atoms with Gasteiger partial charge in [0.1, 0.15) is 18.4 Å². The SMILES string of the molecule is CN(CCCN1c2ccccc2Sc2ccccc21)CCOCCOCCOCCOc1ccc2c(c1)C(=O)N(C1CCC(=O)NC1=O)C2=O. The van der Waals surface area contributed by atoms with E-state index in [2.05, 4.69) is 70.7 Å². The van der Waals surface area contributed by atoms with Crippen molar-refractivity contribution >= 4 is 46.8 Å². The molecule has 50 heavy (non-hydrogen) atoms. The highest BCUT2D eigenvalue weighted by atomic mass is 32.2. The summed E-state index contributed by atoms with van der Waals surface area (Å²) < 4.78 is 22.7. The van der Waals surface area contributed by atoms with Crippen LogP contribution in [-0.2, 0) is 23.8 Å². The number of carbonyl (C=O) groups excluding carboxylic acids is 4. The zero-order valence-electron chi connectivity index (χ0n) is 28.1. The van der Waals surface area contributed by atoms with E-state index in [1.165, 1.54) is 33.3 Å². The van der Waals surface area contributed by atoms with Gasteiger partial charge in [-0.05, 0) is 68.9 Å². The van der Waals surface area contributed by atoms with Crippen molar-refractivity contribution in [2.24, 2.45) is 0 Å². The van der Waals surface area contributed by atoms with E-state index >= 15 is 0 Å². The number of amides is 4. The number of nitrogens with one attached hydrogen (secondary N) is 1. The van der Waals surface area contributed by atoms with Crippen LogP contribution in [0.4, 0.5) is 11.4 Å². The maximum Gasteiger partial charge on any atom is 0.262 e. The van der Waals surface area contributed by atoms with Crippen molar-refractivity contribution in [3.8, 4) is 5.75 Å². The summed E-state index contributed by atoms with van der Waals surface area (Å²) in [6.45, 7) is 5.78. The molecule has 0 aromatic heterocycles. The van der Waals surface area contributed by atoms with Crippen molar-refractivity contribution < 1.29 is 38.1 Å². The average molecular weight is 703 g/mol. The lowest BCUT2D eigenvalue weighted by atomic mass is 10.0. The molecule has 6 rings (SSSR count). The van der Waals surface area contributed by atoms with Gasteiger partial charge >= 0.3 is 0 Å². The van der Waals surface area contributed by atoms with Crippen LogP contribution in [-0.4, -0.2) is 112 Å². The summed E-state index contributed by atoms with van der Waals surface area (Å²) in [7, 11) is 2.12. The van der Waals surface area contributed by atoms with Gasteiger partial charge in [0.15, 0.2) is 0 Å². The first-order valence-electron chi connectivity index (χ1n) is 16.9. The second kappa shape index (κ2) is 17.1. The van der Waals surface area contributed by atoms with Crippen molar-refractivity contribution in [1.29, 1.82) is 0 Å². The van der Waals surface area contributed by atoms with Gasteiger partial charge < -0.3 is 28.7 Å². The Bertz CT molecular complexity index is 1660. The van der Waals surface area contributed by atoms with Gasteiger partial charge in [-0.25, -0.2) is 0 Å². The highest BCUT2D eigenvalue weighted by Gasteiger charge is 2.44. The number of likely N-dealkylation sites (N-methyl/N-ethyl adjacent to an activating group) is 1. The molecule has 0 spiro atoms. The lowest BCUT2D eigenvalue weighted by Gasteiger charge is -2.33. The molecule has 4 amide bonds. The first kappa shape index (κ1) is 35.6. The summed E-state index contributed by atoms with van der Waals surface area (Å²) >= 11 is 1.83. The third-order valence-corrected chi connectivity index (χ3v) is 9.85. The van der Waals surface area contributed by atoms with E-state index < -0.39 is 29.7 Å². The minimum atomic E-state index is -1.00. The minimum absolute atomic E-state index is 0.0709. The average Bonchev–Trinajstić information content (AvgIpc) is 3.36. The zero-order chi connectivity index (χ0) is 34.9. The number of fused-ring (bicyclic) bond motifs is 3. The minimum Gasteiger partial charge on any atom is -0.491 e. The molecule has 13 heteroatoms. The van der Waals surface area contributed by atoms with Gasteiger partial charge in [-0.1, -0.05) is 36.0 Å². The molecule has 264 valence electrons. The molecule has 1 saturated heterocycles. The van der Waals surface area contributed by atoms with Crippen LogP contribution in [0.25, 0.3) is 0 Å². The third-order valence-electron chi connectivity index (χ3n) is 8.72. The lowest BCUT2D eigenvalue weighted by molar-refractivity contribution is -0.136. The van der Waals surface area contributed by atoms with Crippen LogP contribution < -0.4 is 15.0 Å². The molecule has 1 fully saturated rings. The highest BCUT2D eigenvalue weighted by Crippen LogP contribution is 2.47. The van der Waals surface area contributed by atoms with E-state index in [1.807, 2.05) is 11.8 Å². The number of para-hydroxylation sites is 2. The number of benzene rings is 3. The number of imide groups is 2. The maximum atomic E-state index is 13.0. The fraction of sp³-hybridized carbons (Fsp3) is 0.405. The van der Waals surface area contributed by atoms with Gasteiger partial charge in [0.25, 0.3) is 11.8 Å². The van der Waals surface area contributed by atoms with Gasteiger partial charge in [0, 0.05) is 29.3 Å². The Kier molecular flexibility index (Phi) is 12.2. The Morgan fingerprint density at radius 2 is 1.38 bits per heavy atom. The van der Waals surface area contributed by atoms with Crippen molar-refractivity contribution in [3.63, 3.8) is 0 Å². The molecular weight excluding hydrogens is 660 g/mol. The zero-order valence-corrected chi connectivity index (χ0v) is 29.0. The third kappa shape index (κ3) is 8.53. The first-order chi connectivity index (χ1) is 24.4. The normalized spacial score (nSPS) is 16.8. The number of hydrogen-bond acceptors (Lipinski definition) is 11. The molecule has 0 saturated carbocycles. The molecule has 0 bridgehead atoms. The van der Waals surface area contributed by atoms with Crippen LogP contribution in [0.1, 0.15) is 40.0 Å². The topological polar surface area (TPSA) is 127 Å². The largest absolute Gasteiger partial charge is 0.491 e. The van der Waals surface area contributed by atoms with Crippen molar-refractivity contribution in [2.45, 2.75) is 35.1 Å². The van der Waals surface area contributed by atoms with Crippen LogP contribution >= 0.6 is 11.8 Å². The predicted octanol–water partition coefficient (Wildman–Crippen LogP) is 4.14. The number of piperidine rings is 1. The Morgan fingerprint density at radius 1 is 0.760 bits per heavy atom. The van der Waals surface area contributed by atoms with E-state index in [9.17, 15) is 19.2 Å². The molecule has 1 atom stereocenters. The Hall–Kier alpha value is -4.27. The van der Waals surface area contributed by atoms with E-state index in [0.717, 1.165) is 31.0 Å². The van der Waals surface area contributed by atoms with Crippen LogP contribution in [0.3, 0.4) is 0 Å². The number of carbonyl (C=O) groups is 4. The lowest BCUT2D eigenvalue weighted by Crippen LogP contribution is -2.54. The summed E-state index contributed by atoms with van der Waals surface area (Å²) in [6, 6.07) is 20.8. The second-order valence-corrected chi connectivity index (χ2v) is 13.3. The van der Waals surface area contributed by atoms with Crippen LogP contribution in [0.15, 0.2) is 76.5 Å². The van der Waals surface area contributed by atoms with Gasteiger partial charge in [0.2, 0.25) is 11.8 Å². The monoisotopic (exact) mass is 702 g/mol. The van der Waals surface area contributed by atoms with Crippen molar-refractivity contribution in [3.05, 3.63) is 77.9 Å². The molecule has 1 N–H and O–H groups in total. The molecule has 0 radical (unpaired) electrons. The maximum absolute atomic E-state index is 13.0. The fourth-order valence-corrected chi connectivity index (χ4v) is 7.25. The fourth-order valence-electron chi connectivity index (χ4n) is 6.15. The first-order valence-corrected chi connectivity index (χ1v) is 17.8. The van der Waals surface area contributed by atoms with E-state index in [4.69, 9.17) is 18.9 Å². The molecule has 3 aromatic rings. The quantitative estimate of drug-likeness (QED) is 0.152. The van der Waals surface area contributed by atoms with Gasteiger partial charge in [0.05, 0.1) is 62.1 Å². The number of nitrogens with zero attached hydrogens (tertiary/aromatic N) is 3. The Balaban J connectivity index is 0.788. The number of anilines is 2. The highest BCUT2D eigenvalue weighted by molar-refractivity contribution is 7.99. The van der Waals surface area contributed by atoms with Crippen molar-refractivity contribution in [1.82, 2.24) is 15.1 Å². The Labute approximate surface area is 296 Å². The summed E-state index contributed by atoms with van der Waals surface area (Å²) in [4.78, 5) is 57.7. The summed E-state index contributed by atoms with van der Waals surface area (Å²) in [5.41, 5.74) is 2.93. The van der Waals surface area contributed by atoms with Crippen LogP contribution in [0.2, 0.25) is 0 Å². The van der Waals surface area contributed by atoms with E-state index in [1.54, 1.807) is 6.07 Å². The summed E-state index contributed by atoms with van der Waals surface area (Å²) in [5.74, 6) is -1.77. The smallest absolute Gasteiger partial charge is 0.262 e. The molecule has 3 aromatic carbocycles. The molecular formula is C37H42N4O8S. The molecule has 3 heterocycles. The van der Waals surface area contributed by atoms with Crippen LogP contribution in [0.5, 0.6) is 5.75 Å². The number of rotatable bonds is 18.